The molecule has 0 bridgehead atoms. The minimum absolute atomic E-state index is 0.946. The number of hydrogen-bond acceptors (Lipinski definition) is 1. The lowest BCUT2D eigenvalue weighted by Gasteiger charge is -2.01. The van der Waals surface area contributed by atoms with Crippen molar-refractivity contribution in [2.75, 3.05) is 0 Å². The Balaban J connectivity index is 1.79. The van der Waals surface area contributed by atoms with E-state index in [2.05, 4.69) is 35.6 Å². The molecule has 1 heterocycles. The first-order valence-electron chi connectivity index (χ1n) is 4.88. The van der Waals surface area contributed by atoms with E-state index in [0.717, 1.165) is 19.4 Å². The normalized spacial score (nSPS) is 10.3. The standard InChI is InChI=1S/C12H13N2/c1-2-6-12(7-3-1)8-4-10-14-11-5-9-13-14/h1-3,5-7,9H,4,8,10H2. The van der Waals surface area contributed by atoms with E-state index in [1.54, 1.807) is 6.20 Å². The second-order valence-corrected chi connectivity index (χ2v) is 3.27. The van der Waals surface area contributed by atoms with Gasteiger partial charge in [0.25, 0.3) is 0 Å². The molecule has 0 saturated heterocycles. The van der Waals surface area contributed by atoms with Crippen LogP contribution in [0.3, 0.4) is 0 Å². The third-order valence-corrected chi connectivity index (χ3v) is 2.18. The first kappa shape index (κ1) is 9.00. The summed E-state index contributed by atoms with van der Waals surface area (Å²) in [5, 5.41) is 4.11. The van der Waals surface area contributed by atoms with Crippen LogP contribution in [0.2, 0.25) is 0 Å². The molecular formula is C12H13N2. The molecule has 0 unspecified atom stereocenters. The van der Waals surface area contributed by atoms with Crippen LogP contribution < -0.4 is 0 Å². The molecular weight excluding hydrogens is 172 g/mol. The Kier molecular flexibility index (Phi) is 2.96. The molecule has 14 heavy (non-hydrogen) atoms. The molecule has 2 aromatic rings. The molecule has 71 valence electrons. The molecule has 0 atom stereocenters. The average molecular weight is 185 g/mol. The fourth-order valence-electron chi connectivity index (χ4n) is 1.47. The van der Waals surface area contributed by atoms with E-state index in [-0.39, 0.29) is 0 Å². The zero-order chi connectivity index (χ0) is 9.64. The van der Waals surface area contributed by atoms with E-state index >= 15 is 0 Å². The number of hydrogen-bond donors (Lipinski definition) is 0. The molecule has 1 aromatic heterocycles. The van der Waals surface area contributed by atoms with Crippen LogP contribution in [0.15, 0.2) is 42.6 Å². The second-order valence-electron chi connectivity index (χ2n) is 3.27. The topological polar surface area (TPSA) is 17.8 Å². The maximum absolute atomic E-state index is 4.11. The lowest BCUT2D eigenvalue weighted by molar-refractivity contribution is 0.575. The minimum Gasteiger partial charge on any atom is -0.263 e. The highest BCUT2D eigenvalue weighted by molar-refractivity contribution is 5.14. The molecule has 0 aliphatic carbocycles. The van der Waals surface area contributed by atoms with E-state index < -0.39 is 0 Å². The Hall–Kier alpha value is -1.57. The van der Waals surface area contributed by atoms with Crippen LogP contribution in [0.25, 0.3) is 0 Å². The van der Waals surface area contributed by atoms with E-state index in [9.17, 15) is 0 Å². The molecule has 2 heteroatoms. The third kappa shape index (κ3) is 2.46. The van der Waals surface area contributed by atoms with Crippen molar-refractivity contribution in [1.29, 1.82) is 0 Å². The van der Waals surface area contributed by atoms with Gasteiger partial charge in [-0.25, -0.2) is 0 Å². The van der Waals surface area contributed by atoms with Gasteiger partial charge in [0, 0.05) is 12.7 Å². The maximum atomic E-state index is 4.11. The zero-order valence-corrected chi connectivity index (χ0v) is 8.06. The summed E-state index contributed by atoms with van der Waals surface area (Å²) < 4.78 is 1.85. The van der Waals surface area contributed by atoms with Gasteiger partial charge in [0.05, 0.1) is 6.20 Å². The predicted octanol–water partition coefficient (Wildman–Crippen LogP) is 2.32. The lowest BCUT2D eigenvalue weighted by Crippen LogP contribution is -1.99. The molecule has 0 spiro atoms. The van der Waals surface area contributed by atoms with E-state index in [0.29, 0.717) is 0 Å². The van der Waals surface area contributed by atoms with Crippen molar-refractivity contribution in [2.45, 2.75) is 19.4 Å². The summed E-state index contributed by atoms with van der Waals surface area (Å²) in [5.41, 5.74) is 1.39. The van der Waals surface area contributed by atoms with Crippen LogP contribution in [0.5, 0.6) is 0 Å². The quantitative estimate of drug-likeness (QED) is 0.714. The monoisotopic (exact) mass is 185 g/mol. The SMILES string of the molecule is [c]1ccnn1CCCc1ccccc1. The second kappa shape index (κ2) is 4.61. The number of nitrogens with zero attached hydrogens (tertiary/aromatic N) is 2. The molecule has 0 saturated carbocycles. The van der Waals surface area contributed by atoms with Gasteiger partial charge in [-0.05, 0) is 24.5 Å². The Labute approximate surface area is 84.2 Å². The van der Waals surface area contributed by atoms with Crippen molar-refractivity contribution in [3.8, 4) is 0 Å². The van der Waals surface area contributed by atoms with Crippen LogP contribution >= 0.6 is 0 Å². The van der Waals surface area contributed by atoms with Crippen LogP contribution in [0.1, 0.15) is 12.0 Å². The van der Waals surface area contributed by atoms with Gasteiger partial charge < -0.3 is 0 Å². The number of aryl methyl sites for hydroxylation is 2. The summed E-state index contributed by atoms with van der Waals surface area (Å²) in [7, 11) is 0. The molecule has 0 aliphatic rings. The largest absolute Gasteiger partial charge is 0.263 e. The zero-order valence-electron chi connectivity index (χ0n) is 8.06. The fourth-order valence-corrected chi connectivity index (χ4v) is 1.47. The first-order valence-corrected chi connectivity index (χ1v) is 4.88. The number of aromatic nitrogens is 2. The van der Waals surface area contributed by atoms with E-state index in [4.69, 9.17) is 0 Å². The van der Waals surface area contributed by atoms with Crippen molar-refractivity contribution in [1.82, 2.24) is 9.78 Å². The van der Waals surface area contributed by atoms with Crippen LogP contribution in [0, 0.1) is 6.20 Å². The Bertz CT molecular complexity index is 351. The van der Waals surface area contributed by atoms with Gasteiger partial charge in [-0.3, -0.25) is 4.68 Å². The summed E-state index contributed by atoms with van der Waals surface area (Å²) in [6.45, 7) is 0.946. The molecule has 1 aromatic carbocycles. The van der Waals surface area contributed by atoms with Crippen molar-refractivity contribution in [2.24, 2.45) is 0 Å². The summed E-state index contributed by atoms with van der Waals surface area (Å²) in [4.78, 5) is 0. The van der Waals surface area contributed by atoms with Crippen molar-refractivity contribution in [3.05, 3.63) is 54.4 Å². The highest BCUT2D eigenvalue weighted by Gasteiger charge is 1.93. The van der Waals surface area contributed by atoms with Gasteiger partial charge in [-0.1, -0.05) is 30.3 Å². The molecule has 2 nitrogen and oxygen atoms in total. The third-order valence-electron chi connectivity index (χ3n) is 2.18. The van der Waals surface area contributed by atoms with Crippen molar-refractivity contribution >= 4 is 0 Å². The van der Waals surface area contributed by atoms with E-state index in [1.807, 2.05) is 16.8 Å². The molecule has 0 N–H and O–H groups in total. The van der Waals surface area contributed by atoms with E-state index in [1.165, 1.54) is 5.56 Å². The van der Waals surface area contributed by atoms with Gasteiger partial charge >= 0.3 is 0 Å². The van der Waals surface area contributed by atoms with Gasteiger partial charge in [0.15, 0.2) is 0 Å². The predicted molar refractivity (Wildman–Crippen MR) is 55.8 cm³/mol. The van der Waals surface area contributed by atoms with Gasteiger partial charge in [-0.15, -0.1) is 0 Å². The Morgan fingerprint density at radius 3 is 2.79 bits per heavy atom. The molecule has 0 amide bonds. The van der Waals surface area contributed by atoms with Gasteiger partial charge in [-0.2, -0.15) is 5.10 Å². The highest BCUT2D eigenvalue weighted by Crippen LogP contribution is 2.03. The average Bonchev–Trinajstić information content (AvgIpc) is 2.72. The maximum Gasteiger partial charge on any atom is 0.0863 e. The number of benzene rings is 1. The van der Waals surface area contributed by atoms with Crippen molar-refractivity contribution in [3.63, 3.8) is 0 Å². The summed E-state index contributed by atoms with van der Waals surface area (Å²) in [6.07, 6.45) is 7.01. The van der Waals surface area contributed by atoms with Crippen LogP contribution in [0.4, 0.5) is 0 Å². The minimum atomic E-state index is 0.946. The highest BCUT2D eigenvalue weighted by atomic mass is 15.3. The molecule has 1 radical (unpaired) electrons. The number of rotatable bonds is 4. The molecule has 0 aliphatic heterocycles. The van der Waals surface area contributed by atoms with Gasteiger partial charge in [0.2, 0.25) is 0 Å². The summed E-state index contributed by atoms with van der Waals surface area (Å²) in [5.74, 6) is 0. The fraction of sp³-hybridized carbons (Fsp3) is 0.250. The molecule has 2 rings (SSSR count). The first-order chi connectivity index (χ1) is 6.95. The smallest absolute Gasteiger partial charge is 0.0863 e. The van der Waals surface area contributed by atoms with Crippen LogP contribution in [-0.4, -0.2) is 9.78 Å². The van der Waals surface area contributed by atoms with Gasteiger partial charge in [0.1, 0.15) is 0 Å². The Morgan fingerprint density at radius 2 is 2.07 bits per heavy atom. The lowest BCUT2D eigenvalue weighted by atomic mass is 10.1. The molecule has 0 fully saturated rings. The summed E-state index contributed by atoms with van der Waals surface area (Å²) >= 11 is 0. The Morgan fingerprint density at radius 1 is 1.21 bits per heavy atom. The van der Waals surface area contributed by atoms with Crippen molar-refractivity contribution < 1.29 is 0 Å². The van der Waals surface area contributed by atoms with Crippen LogP contribution in [-0.2, 0) is 13.0 Å². The summed E-state index contributed by atoms with van der Waals surface area (Å²) in [6, 6.07) is 12.4.